The number of fused-ring (bicyclic) bond motifs is 5. The molecule has 5 heteroatoms. The van der Waals surface area contributed by atoms with Crippen LogP contribution < -0.4 is 0 Å². The van der Waals surface area contributed by atoms with Crippen LogP contribution in [0.15, 0.2) is 97.2 Å². The van der Waals surface area contributed by atoms with Crippen molar-refractivity contribution >= 4 is 6.09 Å². The van der Waals surface area contributed by atoms with E-state index < -0.39 is 5.60 Å². The fraction of sp³-hybridized carbons (Fsp3) is 0.273. The van der Waals surface area contributed by atoms with Gasteiger partial charge in [0.2, 0.25) is 0 Å². The Bertz CT molecular complexity index is 1420. The molecular formula is C33H30N2O3. The average Bonchev–Trinajstić information content (AvgIpc) is 3.44. The van der Waals surface area contributed by atoms with Gasteiger partial charge in [-0.25, -0.2) is 4.79 Å². The summed E-state index contributed by atoms with van der Waals surface area (Å²) in [6.07, 6.45) is 4.36. The summed E-state index contributed by atoms with van der Waals surface area (Å²) in [5.74, 6) is 0.0448. The van der Waals surface area contributed by atoms with Crippen molar-refractivity contribution in [3.8, 4) is 22.4 Å². The van der Waals surface area contributed by atoms with Crippen LogP contribution in [0.1, 0.15) is 48.3 Å². The second kappa shape index (κ2) is 9.10. The van der Waals surface area contributed by atoms with Crippen LogP contribution in [0.3, 0.4) is 0 Å². The number of carbonyl (C=O) groups excluding carboxylic acids is 1. The summed E-state index contributed by atoms with van der Waals surface area (Å²) < 4.78 is 6.00. The van der Waals surface area contributed by atoms with E-state index in [4.69, 9.17) is 4.74 Å². The Hall–Kier alpha value is -3.96. The third-order valence-electron chi connectivity index (χ3n) is 8.70. The van der Waals surface area contributed by atoms with Crippen LogP contribution in [-0.4, -0.2) is 39.8 Å². The number of amides is 1. The number of rotatable bonds is 4. The predicted molar refractivity (Wildman–Crippen MR) is 147 cm³/mol. The summed E-state index contributed by atoms with van der Waals surface area (Å²) in [7, 11) is 0. The van der Waals surface area contributed by atoms with Crippen LogP contribution in [0, 0.1) is 0 Å². The lowest BCUT2D eigenvalue weighted by atomic mass is 9.80. The molecule has 2 saturated heterocycles. The number of ether oxygens (including phenoxy) is 1. The molecule has 2 unspecified atom stereocenters. The zero-order valence-corrected chi connectivity index (χ0v) is 21.2. The standard InChI is InChI=1S/C33H30N2O3/c36-32(38-21-30-28-9-3-1-7-26(28)27-8-2-4-10-29(27)30)35-24-16-17-25(35)20-33(37,19-24)23-14-12-22(13-15-23)31-11-5-6-18-34-31/h1-15,18,24-25,30,37H,16-17,19-21H2. The highest BCUT2D eigenvalue weighted by molar-refractivity contribution is 5.79. The summed E-state index contributed by atoms with van der Waals surface area (Å²) in [5, 5.41) is 11.7. The highest BCUT2D eigenvalue weighted by Gasteiger charge is 2.50. The SMILES string of the molecule is O=C(OCC1c2ccccc2-c2ccccc21)N1C2CCC1CC(O)(c1ccc(-c3ccccn3)cc1)C2. The van der Waals surface area contributed by atoms with Crippen molar-refractivity contribution in [2.24, 2.45) is 0 Å². The third-order valence-corrected chi connectivity index (χ3v) is 8.70. The van der Waals surface area contributed by atoms with Crippen LogP contribution in [0.4, 0.5) is 4.79 Å². The van der Waals surface area contributed by atoms with E-state index in [2.05, 4.69) is 41.4 Å². The van der Waals surface area contributed by atoms with Gasteiger partial charge in [0.1, 0.15) is 6.61 Å². The first kappa shape index (κ1) is 23.2. The molecule has 1 aromatic heterocycles. The van der Waals surface area contributed by atoms with Crippen LogP contribution in [0.5, 0.6) is 0 Å². The van der Waals surface area contributed by atoms with Crippen LogP contribution in [0.25, 0.3) is 22.4 Å². The normalized spacial score (nSPS) is 23.7. The third kappa shape index (κ3) is 3.81. The maximum absolute atomic E-state index is 13.4. The Kier molecular flexibility index (Phi) is 5.55. The smallest absolute Gasteiger partial charge is 0.410 e. The van der Waals surface area contributed by atoms with Gasteiger partial charge in [-0.3, -0.25) is 4.98 Å². The summed E-state index contributed by atoms with van der Waals surface area (Å²) in [5.41, 5.74) is 6.77. The van der Waals surface area contributed by atoms with Crippen molar-refractivity contribution < 1.29 is 14.6 Å². The topological polar surface area (TPSA) is 62.7 Å². The first-order valence-electron chi connectivity index (χ1n) is 13.5. The maximum atomic E-state index is 13.4. The van der Waals surface area contributed by atoms with Gasteiger partial charge in [0, 0.05) is 42.6 Å². The van der Waals surface area contributed by atoms with Gasteiger partial charge < -0.3 is 14.7 Å². The molecule has 1 aliphatic carbocycles. The molecule has 4 aromatic rings. The van der Waals surface area contributed by atoms with E-state index in [1.165, 1.54) is 22.3 Å². The Morgan fingerprint density at radius 3 is 2.05 bits per heavy atom. The largest absolute Gasteiger partial charge is 0.448 e. The molecule has 0 radical (unpaired) electrons. The quantitative estimate of drug-likeness (QED) is 0.345. The van der Waals surface area contributed by atoms with Crippen molar-refractivity contribution in [3.05, 3.63) is 114 Å². The van der Waals surface area contributed by atoms with Gasteiger partial charge in [-0.2, -0.15) is 0 Å². The summed E-state index contributed by atoms with van der Waals surface area (Å²) in [4.78, 5) is 19.7. The molecule has 2 bridgehead atoms. The second-order valence-electron chi connectivity index (χ2n) is 10.8. The molecule has 38 heavy (non-hydrogen) atoms. The number of hydrogen-bond donors (Lipinski definition) is 1. The van der Waals surface area contributed by atoms with E-state index in [1.807, 2.05) is 59.5 Å². The molecule has 2 aliphatic heterocycles. The van der Waals surface area contributed by atoms with Crippen LogP contribution >= 0.6 is 0 Å². The fourth-order valence-corrected chi connectivity index (χ4v) is 6.91. The summed E-state index contributed by atoms with van der Waals surface area (Å²) in [6, 6.07) is 30.6. The van der Waals surface area contributed by atoms with E-state index in [0.717, 1.165) is 29.7 Å². The minimum absolute atomic E-state index is 0.0233. The van der Waals surface area contributed by atoms with Gasteiger partial charge in [-0.05, 0) is 52.8 Å². The molecule has 0 saturated carbocycles. The molecule has 190 valence electrons. The van der Waals surface area contributed by atoms with Gasteiger partial charge in [0.25, 0.3) is 0 Å². The van der Waals surface area contributed by atoms with Crippen molar-refractivity contribution in [2.75, 3.05) is 6.61 Å². The molecule has 1 N–H and O–H groups in total. The highest BCUT2D eigenvalue weighted by Crippen LogP contribution is 2.47. The molecule has 2 fully saturated rings. The first-order chi connectivity index (χ1) is 18.6. The maximum Gasteiger partial charge on any atom is 0.410 e. The summed E-state index contributed by atoms with van der Waals surface area (Å²) in [6.45, 7) is 0.321. The predicted octanol–water partition coefficient (Wildman–Crippen LogP) is 6.51. The lowest BCUT2D eigenvalue weighted by Crippen LogP contribution is -2.52. The van der Waals surface area contributed by atoms with E-state index in [0.29, 0.717) is 19.4 Å². The molecule has 3 heterocycles. The fourth-order valence-electron chi connectivity index (χ4n) is 6.91. The zero-order chi connectivity index (χ0) is 25.7. The zero-order valence-electron chi connectivity index (χ0n) is 21.2. The first-order valence-corrected chi connectivity index (χ1v) is 13.5. The Labute approximate surface area is 222 Å². The average molecular weight is 503 g/mol. The van der Waals surface area contributed by atoms with Crippen molar-refractivity contribution in [2.45, 2.75) is 49.3 Å². The Morgan fingerprint density at radius 1 is 0.842 bits per heavy atom. The molecule has 2 atom stereocenters. The summed E-state index contributed by atoms with van der Waals surface area (Å²) >= 11 is 0. The van der Waals surface area contributed by atoms with Crippen LogP contribution in [-0.2, 0) is 10.3 Å². The van der Waals surface area contributed by atoms with E-state index in [-0.39, 0.29) is 24.1 Å². The molecule has 3 aliphatic rings. The number of piperidine rings is 1. The molecule has 0 spiro atoms. The molecule has 3 aromatic carbocycles. The monoisotopic (exact) mass is 502 g/mol. The van der Waals surface area contributed by atoms with E-state index in [1.54, 1.807) is 6.20 Å². The number of pyridine rings is 1. The van der Waals surface area contributed by atoms with Gasteiger partial charge in [-0.1, -0.05) is 78.9 Å². The van der Waals surface area contributed by atoms with Gasteiger partial charge in [-0.15, -0.1) is 0 Å². The van der Waals surface area contributed by atoms with Crippen LogP contribution in [0.2, 0.25) is 0 Å². The molecule has 5 nitrogen and oxygen atoms in total. The number of carbonyl (C=O) groups is 1. The van der Waals surface area contributed by atoms with E-state index in [9.17, 15) is 9.90 Å². The molecule has 1 amide bonds. The van der Waals surface area contributed by atoms with Crippen molar-refractivity contribution in [3.63, 3.8) is 0 Å². The minimum Gasteiger partial charge on any atom is -0.448 e. The minimum atomic E-state index is -0.950. The number of aromatic nitrogens is 1. The lowest BCUT2D eigenvalue weighted by Gasteiger charge is -2.43. The van der Waals surface area contributed by atoms with Crippen molar-refractivity contribution in [1.29, 1.82) is 0 Å². The lowest BCUT2D eigenvalue weighted by molar-refractivity contribution is -0.0531. The number of aliphatic hydroxyl groups is 1. The van der Waals surface area contributed by atoms with Crippen molar-refractivity contribution in [1.82, 2.24) is 9.88 Å². The van der Waals surface area contributed by atoms with Gasteiger partial charge >= 0.3 is 6.09 Å². The number of benzene rings is 3. The Morgan fingerprint density at radius 2 is 1.45 bits per heavy atom. The Balaban J connectivity index is 1.06. The second-order valence-corrected chi connectivity index (χ2v) is 10.8. The number of nitrogens with zero attached hydrogens (tertiary/aromatic N) is 2. The van der Waals surface area contributed by atoms with E-state index >= 15 is 0 Å². The highest BCUT2D eigenvalue weighted by atomic mass is 16.6. The molecule has 7 rings (SSSR count). The number of hydrogen-bond acceptors (Lipinski definition) is 4. The van der Waals surface area contributed by atoms with Gasteiger partial charge in [0.05, 0.1) is 11.3 Å². The van der Waals surface area contributed by atoms with Gasteiger partial charge in [0.15, 0.2) is 0 Å². The molecular weight excluding hydrogens is 472 g/mol.